The van der Waals surface area contributed by atoms with Crippen molar-refractivity contribution in [1.29, 1.82) is 0 Å². The van der Waals surface area contributed by atoms with Crippen LogP contribution in [0.3, 0.4) is 0 Å². The number of aromatic amines is 1. The van der Waals surface area contributed by atoms with Crippen LogP contribution in [0.4, 0.5) is 18.9 Å². The highest BCUT2D eigenvalue weighted by molar-refractivity contribution is 7.80. The number of aliphatic hydroxyl groups is 1. The largest absolute Gasteiger partial charge is 0.423 e. The van der Waals surface area contributed by atoms with E-state index in [4.69, 9.17) is 12.2 Å². The molecule has 0 saturated heterocycles. The molecule has 1 aliphatic rings. The molecule has 1 heterocycles. The topological polar surface area (TPSA) is 79.2 Å². The number of fused-ring (bicyclic) bond motifs is 1. The van der Waals surface area contributed by atoms with Crippen LogP contribution in [-0.2, 0) is 11.8 Å². The summed E-state index contributed by atoms with van der Waals surface area (Å²) in [4.78, 5) is 13.2. The predicted octanol–water partition coefficient (Wildman–Crippen LogP) is 4.86. The van der Waals surface area contributed by atoms with Crippen LogP contribution in [0.1, 0.15) is 43.9 Å². The molecule has 0 radical (unpaired) electrons. The van der Waals surface area contributed by atoms with Gasteiger partial charge in [0, 0.05) is 21.8 Å². The molecule has 5 nitrogen and oxygen atoms in total. The number of nitrogens with one attached hydrogen (secondary N) is 1. The molecule has 2 N–H and O–H groups in total. The fraction of sp³-hybridized carbons (Fsp3) is 0.471. The lowest BCUT2D eigenvalue weighted by atomic mass is 9.88. The number of thiocarbonyl (C=S) groups is 1. The van der Waals surface area contributed by atoms with E-state index in [0.29, 0.717) is 10.9 Å². The van der Waals surface area contributed by atoms with Crippen LogP contribution in [0.15, 0.2) is 18.2 Å². The number of hydrogen-bond acceptors (Lipinski definition) is 4. The minimum absolute atomic E-state index is 0.0624. The van der Waals surface area contributed by atoms with Crippen LogP contribution in [0.5, 0.6) is 0 Å². The molecule has 1 aromatic heterocycles. The van der Waals surface area contributed by atoms with E-state index in [1.807, 2.05) is 0 Å². The zero-order chi connectivity index (χ0) is 19.3. The van der Waals surface area contributed by atoms with Crippen molar-refractivity contribution in [2.24, 2.45) is 5.92 Å². The first kappa shape index (κ1) is 18.8. The van der Waals surface area contributed by atoms with Gasteiger partial charge in [-0.25, -0.2) is 0 Å². The molecule has 140 valence electrons. The summed E-state index contributed by atoms with van der Waals surface area (Å²) < 4.78 is 39.4. The quantitative estimate of drug-likeness (QED) is 0.447. The molecule has 1 aromatic carbocycles. The monoisotopic (exact) mass is 386 g/mol. The van der Waals surface area contributed by atoms with E-state index in [1.54, 1.807) is 0 Å². The molecule has 1 unspecified atom stereocenters. The molecule has 3 rings (SSSR count). The van der Waals surface area contributed by atoms with Crippen molar-refractivity contribution in [3.63, 3.8) is 0 Å². The summed E-state index contributed by atoms with van der Waals surface area (Å²) in [6.45, 7) is 1.50. The van der Waals surface area contributed by atoms with Gasteiger partial charge in [0.05, 0.1) is 10.6 Å². The minimum Gasteiger partial charge on any atom is -0.379 e. The predicted molar refractivity (Wildman–Crippen MR) is 94.1 cm³/mol. The molecule has 0 aliphatic heterocycles. The third kappa shape index (κ3) is 3.21. The van der Waals surface area contributed by atoms with Gasteiger partial charge in [0.1, 0.15) is 11.2 Å². The maximum Gasteiger partial charge on any atom is 0.423 e. The average Bonchev–Trinajstić information content (AvgIpc) is 3.21. The molecule has 26 heavy (non-hydrogen) atoms. The Morgan fingerprint density at radius 2 is 1.92 bits per heavy atom. The number of alkyl halides is 3. The van der Waals surface area contributed by atoms with Crippen molar-refractivity contribution >= 4 is 33.7 Å². The van der Waals surface area contributed by atoms with Gasteiger partial charge in [-0.05, 0) is 37.8 Å². The molecule has 1 saturated carbocycles. The fourth-order valence-corrected chi connectivity index (χ4v) is 3.87. The number of halogens is 3. The highest BCUT2D eigenvalue weighted by Gasteiger charge is 2.40. The first-order chi connectivity index (χ1) is 12.0. The Balaban J connectivity index is 2.08. The number of nitrogens with zero attached hydrogens (tertiary/aromatic N) is 1. The normalized spacial score (nSPS) is 18.2. The molecule has 0 spiro atoms. The second-order valence-electron chi connectivity index (χ2n) is 6.81. The molecule has 1 atom stereocenters. The molecular formula is C17H17F3N2O3S. The van der Waals surface area contributed by atoms with E-state index in [1.165, 1.54) is 13.0 Å². The van der Waals surface area contributed by atoms with Gasteiger partial charge in [0.2, 0.25) is 0 Å². The Morgan fingerprint density at radius 1 is 1.31 bits per heavy atom. The first-order valence-corrected chi connectivity index (χ1v) is 8.58. The van der Waals surface area contributed by atoms with Gasteiger partial charge in [-0.1, -0.05) is 25.1 Å². The zero-order valence-corrected chi connectivity index (χ0v) is 14.7. The highest BCUT2D eigenvalue weighted by atomic mass is 32.1. The standard InChI is InChI=1S/C17H17F3N2O3S/c1-16(23,15(26)9-4-2-3-5-9)14-7-10-6-13(22(24)25)11(17(18,19)20)8-12(10)21-14/h6-9,21,23H,2-5H2,1H3. The summed E-state index contributed by atoms with van der Waals surface area (Å²) in [6, 6.07) is 2.99. The second kappa shape index (κ2) is 6.31. The molecule has 1 aliphatic carbocycles. The number of aromatic nitrogens is 1. The average molecular weight is 386 g/mol. The summed E-state index contributed by atoms with van der Waals surface area (Å²) in [5.41, 5.74) is -3.59. The maximum atomic E-state index is 13.1. The molecular weight excluding hydrogens is 369 g/mol. The number of rotatable bonds is 4. The molecule has 9 heteroatoms. The van der Waals surface area contributed by atoms with E-state index < -0.39 is 28.0 Å². The summed E-state index contributed by atoms with van der Waals surface area (Å²) in [6.07, 6.45) is -1.06. The van der Waals surface area contributed by atoms with Crippen LogP contribution >= 0.6 is 12.2 Å². The van der Waals surface area contributed by atoms with Gasteiger partial charge < -0.3 is 10.1 Å². The van der Waals surface area contributed by atoms with E-state index in [-0.39, 0.29) is 22.5 Å². The van der Waals surface area contributed by atoms with Crippen LogP contribution in [0.25, 0.3) is 10.9 Å². The Labute approximate surface area is 152 Å². The SMILES string of the molecule is CC(O)(C(=S)C1CCCC1)c1cc2cc([N+](=O)[O-])c(C(F)(F)F)cc2[nH]1. The Kier molecular flexibility index (Phi) is 4.56. The molecule has 0 bridgehead atoms. The summed E-state index contributed by atoms with van der Waals surface area (Å²) in [5.74, 6) is 0.0754. The third-order valence-corrected chi connectivity index (χ3v) is 5.70. The zero-order valence-electron chi connectivity index (χ0n) is 13.9. The van der Waals surface area contributed by atoms with E-state index in [0.717, 1.165) is 31.7 Å². The lowest BCUT2D eigenvalue weighted by Crippen LogP contribution is -2.35. The van der Waals surface area contributed by atoms with Gasteiger partial charge in [-0.3, -0.25) is 10.1 Å². The lowest BCUT2D eigenvalue weighted by Gasteiger charge is -2.27. The summed E-state index contributed by atoms with van der Waals surface area (Å²) in [5, 5.41) is 22.1. The van der Waals surface area contributed by atoms with Crippen molar-refractivity contribution in [3.8, 4) is 0 Å². The maximum absolute atomic E-state index is 13.1. The number of hydrogen-bond donors (Lipinski definition) is 2. The smallest absolute Gasteiger partial charge is 0.379 e. The van der Waals surface area contributed by atoms with Gasteiger partial charge in [-0.2, -0.15) is 13.2 Å². The van der Waals surface area contributed by atoms with Crippen molar-refractivity contribution in [2.75, 3.05) is 0 Å². The molecule has 2 aromatic rings. The van der Waals surface area contributed by atoms with Gasteiger partial charge >= 0.3 is 6.18 Å². The van der Waals surface area contributed by atoms with Crippen molar-refractivity contribution in [3.05, 3.63) is 39.6 Å². The van der Waals surface area contributed by atoms with Crippen molar-refractivity contribution < 1.29 is 23.2 Å². The van der Waals surface area contributed by atoms with Crippen LogP contribution in [0, 0.1) is 16.0 Å². The van der Waals surface area contributed by atoms with E-state index >= 15 is 0 Å². The molecule has 1 fully saturated rings. The minimum atomic E-state index is -4.86. The fourth-order valence-electron chi connectivity index (χ4n) is 3.53. The number of benzene rings is 1. The Hall–Kier alpha value is -2.00. The summed E-state index contributed by atoms with van der Waals surface area (Å²) in [7, 11) is 0. The van der Waals surface area contributed by atoms with Crippen LogP contribution < -0.4 is 0 Å². The summed E-state index contributed by atoms with van der Waals surface area (Å²) >= 11 is 5.43. The Bertz CT molecular complexity index is 883. The first-order valence-electron chi connectivity index (χ1n) is 8.17. The van der Waals surface area contributed by atoms with Crippen molar-refractivity contribution in [1.82, 2.24) is 4.98 Å². The Morgan fingerprint density at radius 3 is 2.46 bits per heavy atom. The second-order valence-corrected chi connectivity index (χ2v) is 7.25. The molecule has 0 amide bonds. The van der Waals surface area contributed by atoms with Gasteiger partial charge in [0.25, 0.3) is 5.69 Å². The van der Waals surface area contributed by atoms with Gasteiger partial charge in [0.15, 0.2) is 0 Å². The van der Waals surface area contributed by atoms with Gasteiger partial charge in [-0.15, -0.1) is 0 Å². The van der Waals surface area contributed by atoms with Crippen LogP contribution in [-0.4, -0.2) is 19.9 Å². The van der Waals surface area contributed by atoms with Crippen LogP contribution in [0.2, 0.25) is 0 Å². The lowest BCUT2D eigenvalue weighted by molar-refractivity contribution is -0.387. The number of nitro benzene ring substituents is 1. The van der Waals surface area contributed by atoms with E-state index in [2.05, 4.69) is 4.98 Å². The third-order valence-electron chi connectivity index (χ3n) is 4.97. The van der Waals surface area contributed by atoms with Crippen molar-refractivity contribution in [2.45, 2.75) is 44.4 Å². The number of nitro groups is 1. The highest BCUT2D eigenvalue weighted by Crippen LogP contribution is 2.40. The van der Waals surface area contributed by atoms with E-state index in [9.17, 15) is 28.4 Å². The number of H-pyrrole nitrogens is 1.